The summed E-state index contributed by atoms with van der Waals surface area (Å²) in [5, 5.41) is 65.3. The van der Waals surface area contributed by atoms with Gasteiger partial charge in [0.05, 0.1) is 19.8 Å². The van der Waals surface area contributed by atoms with Crippen LogP contribution in [0.15, 0.2) is 34.3 Å². The minimum absolute atomic E-state index is 0.0674. The molecule has 3 aliphatic rings. The van der Waals surface area contributed by atoms with Crippen LogP contribution < -0.4 is 17.2 Å². The van der Waals surface area contributed by atoms with Crippen molar-refractivity contribution in [2.24, 2.45) is 15.3 Å². The summed E-state index contributed by atoms with van der Waals surface area (Å²) in [4.78, 5) is 66.1. The lowest BCUT2D eigenvalue weighted by Crippen LogP contribution is -2.37. The molecule has 380 valence electrons. The smallest absolute Gasteiger partial charge is 0.394 e. The van der Waals surface area contributed by atoms with Crippen LogP contribution in [0.3, 0.4) is 0 Å². The Bertz CT molecular complexity index is 3330. The zero-order valence-corrected chi connectivity index (χ0v) is 37.4. The average Bonchev–Trinajstić information content (AvgIpc) is 4.18. The summed E-state index contributed by atoms with van der Waals surface area (Å²) in [6.45, 7) is -3.06. The molecule has 9 rings (SSSR count). The van der Waals surface area contributed by atoms with E-state index in [9.17, 15) is 55.5 Å². The SMILES string of the molecule is [N-]=[N+]=Nc1nc2c(N)ncnc2n1[C@@H]1O[C@H](COP(=O)(O)O[C@@H]2[C@H](O)[C@@H](COP(=O)(O)O[C@@H]3[C@H](O)[C@@H](CO)O[C@H]3n3c(N=[N+]=[N-])nc4c(N)ncnc43)O[C@H]2n2c(N=[N+]=[N-])nc3c(N)ncnc32)[C@@H](O)[C@H]1O. The Hall–Kier alpha value is -7.12. The van der Waals surface area contributed by atoms with Crippen LogP contribution in [0.4, 0.5) is 35.3 Å². The van der Waals surface area contributed by atoms with Gasteiger partial charge in [0.1, 0.15) is 73.9 Å². The van der Waals surface area contributed by atoms with Crippen molar-refractivity contribution in [1.29, 1.82) is 0 Å². The van der Waals surface area contributed by atoms with Gasteiger partial charge in [-0.1, -0.05) is 0 Å². The number of fused-ring (bicyclic) bond motifs is 3. The molecule has 40 nitrogen and oxygen atoms in total. The van der Waals surface area contributed by atoms with E-state index < -0.39 is 127 Å². The Kier molecular flexibility index (Phi) is 13.5. The Morgan fingerprint density at radius 1 is 0.569 bits per heavy atom. The second-order valence-corrected chi connectivity index (χ2v) is 18.0. The van der Waals surface area contributed by atoms with Gasteiger partial charge in [0.25, 0.3) is 0 Å². The summed E-state index contributed by atoms with van der Waals surface area (Å²) in [6.07, 6.45) is -19.3. The highest BCUT2D eigenvalue weighted by atomic mass is 31.2. The fourth-order valence-electron chi connectivity index (χ4n) is 7.93. The van der Waals surface area contributed by atoms with E-state index in [2.05, 4.69) is 74.9 Å². The molecular formula is C30H34N24O16P2. The highest BCUT2D eigenvalue weighted by Gasteiger charge is 2.54. The highest BCUT2D eigenvalue weighted by molar-refractivity contribution is 7.47. The van der Waals surface area contributed by atoms with E-state index in [0.29, 0.717) is 0 Å². The summed E-state index contributed by atoms with van der Waals surface area (Å²) in [6, 6.07) is 0. The molecular weight excluding hydrogens is 1010 g/mol. The first-order chi connectivity index (χ1) is 34.4. The van der Waals surface area contributed by atoms with E-state index in [0.717, 1.165) is 32.7 Å². The number of nitrogens with two attached hydrogens (primary N) is 3. The number of imidazole rings is 3. The first-order valence-corrected chi connectivity index (χ1v) is 23.1. The van der Waals surface area contributed by atoms with Gasteiger partial charge in [-0.3, -0.25) is 31.8 Å². The van der Waals surface area contributed by atoms with Crippen LogP contribution in [0, 0.1) is 0 Å². The Balaban J connectivity index is 0.970. The van der Waals surface area contributed by atoms with E-state index in [1.165, 1.54) is 0 Å². The maximum atomic E-state index is 13.8. The van der Waals surface area contributed by atoms with Gasteiger partial charge in [0.2, 0.25) is 17.8 Å². The normalized spacial score (nSPS) is 28.9. The fourth-order valence-corrected chi connectivity index (χ4v) is 9.80. The van der Waals surface area contributed by atoms with E-state index >= 15 is 0 Å². The molecule has 72 heavy (non-hydrogen) atoms. The van der Waals surface area contributed by atoms with E-state index in [4.69, 9.17) is 55.0 Å². The van der Waals surface area contributed by atoms with Crippen LogP contribution in [0.5, 0.6) is 0 Å². The third kappa shape index (κ3) is 8.97. The highest BCUT2D eigenvalue weighted by Crippen LogP contribution is 2.53. The summed E-state index contributed by atoms with van der Waals surface area (Å²) in [5.41, 5.74) is 44.7. The standard InChI is InChI=1S/C30H34N24O16P2/c31-19-10-22(40-4-37-19)52(28(43-10)46-49-34)25-16(59)13(56)8(67-25)2-64-71(60,61)70-18-15(58)9(68-27(18)54-24-12(21(33)39-6-42-24)45-30(54)48-51-36)3-65-72(62,63)69-17-14(57)7(1-55)66-26(17)53-23-11(20(32)38-5-41-23)44-29(53)47-50-35/h4-9,13-18,25-27,55-59H,1-3H2,(H,60,61)(H,62,63)(H2,31,37,40)(H2,32,38,41)(H2,33,39,42)/t7-,8-,9-,13-,14-,15-,16-,17-,18-,25-,26-,27-/m1/s1. The number of anilines is 3. The quantitative estimate of drug-likeness (QED) is 0.0232. The molecule has 0 radical (unpaired) electrons. The minimum Gasteiger partial charge on any atom is -0.394 e. The van der Waals surface area contributed by atoms with Crippen molar-refractivity contribution in [3.63, 3.8) is 0 Å². The number of rotatable bonds is 17. The van der Waals surface area contributed by atoms with Crippen molar-refractivity contribution in [2.75, 3.05) is 37.0 Å². The zero-order valence-electron chi connectivity index (χ0n) is 35.6. The number of azide groups is 3. The number of phosphoric ester groups is 2. The predicted molar refractivity (Wildman–Crippen MR) is 230 cm³/mol. The van der Waals surface area contributed by atoms with Crippen molar-refractivity contribution in [1.82, 2.24) is 58.6 Å². The lowest BCUT2D eigenvalue weighted by molar-refractivity contribution is -0.0637. The van der Waals surface area contributed by atoms with Gasteiger partial charge in [0, 0.05) is 14.7 Å². The molecule has 6 aromatic heterocycles. The molecule has 3 fully saturated rings. The van der Waals surface area contributed by atoms with Gasteiger partial charge >= 0.3 is 15.6 Å². The maximum absolute atomic E-state index is 13.8. The van der Waals surface area contributed by atoms with Crippen LogP contribution in [0.25, 0.3) is 64.8 Å². The number of nitrogens with zero attached hydrogens (tertiary/aromatic N) is 21. The first-order valence-electron chi connectivity index (χ1n) is 20.1. The number of ether oxygens (including phenoxy) is 3. The minimum atomic E-state index is -5.55. The van der Waals surface area contributed by atoms with Crippen molar-refractivity contribution in [3.05, 3.63) is 50.3 Å². The number of hydrogen-bond acceptors (Lipinski definition) is 29. The maximum Gasteiger partial charge on any atom is 0.472 e. The lowest BCUT2D eigenvalue weighted by atomic mass is 10.1. The molecule has 0 aromatic carbocycles. The molecule has 6 aromatic rings. The number of aliphatic hydroxyl groups is 5. The van der Waals surface area contributed by atoms with Crippen molar-refractivity contribution in [2.45, 2.75) is 73.6 Å². The average molecular weight is 1050 g/mol. The van der Waals surface area contributed by atoms with Gasteiger partial charge in [-0.05, 0) is 31.9 Å². The van der Waals surface area contributed by atoms with Gasteiger partial charge in [-0.2, -0.15) is 0 Å². The second-order valence-electron chi connectivity index (χ2n) is 15.2. The molecule has 42 heteroatoms. The van der Waals surface area contributed by atoms with E-state index in [1.54, 1.807) is 0 Å². The molecule has 9 heterocycles. The number of phosphoric acid groups is 2. The number of nitrogen functional groups attached to an aromatic ring is 3. The lowest BCUT2D eigenvalue weighted by Gasteiger charge is -2.25. The van der Waals surface area contributed by atoms with Crippen LogP contribution in [0.1, 0.15) is 18.7 Å². The number of aromatic nitrogens is 12. The topological polar surface area (TPSA) is 596 Å². The van der Waals surface area contributed by atoms with Crippen molar-refractivity contribution >= 4 is 84.4 Å². The molecule has 0 saturated carbocycles. The monoisotopic (exact) mass is 1050 g/mol. The summed E-state index contributed by atoms with van der Waals surface area (Å²) >= 11 is 0. The molecule has 0 bridgehead atoms. The molecule has 0 amide bonds. The molecule has 3 saturated heterocycles. The van der Waals surface area contributed by atoms with Crippen LogP contribution in [0.2, 0.25) is 0 Å². The number of aliphatic hydroxyl groups excluding tert-OH is 5. The van der Waals surface area contributed by atoms with Gasteiger partial charge < -0.3 is 66.7 Å². The summed E-state index contributed by atoms with van der Waals surface area (Å²) in [5.74, 6) is -2.09. The van der Waals surface area contributed by atoms with Crippen LogP contribution >= 0.6 is 15.6 Å². The molecule has 14 atom stereocenters. The van der Waals surface area contributed by atoms with E-state index in [1.807, 2.05) is 0 Å². The molecule has 0 spiro atoms. The third-order valence-corrected chi connectivity index (χ3v) is 13.1. The first kappa shape index (κ1) is 49.8. The Labute approximate surface area is 395 Å². The fraction of sp³-hybridized carbons (Fsp3) is 0.500. The van der Waals surface area contributed by atoms with Gasteiger partial charge in [-0.15, -0.1) is 0 Å². The number of hydrogen-bond donors (Lipinski definition) is 10. The predicted octanol–water partition coefficient (Wildman–Crippen LogP) is -0.789. The molecule has 0 aliphatic carbocycles. The van der Waals surface area contributed by atoms with E-state index in [-0.39, 0.29) is 50.9 Å². The second kappa shape index (κ2) is 19.5. The van der Waals surface area contributed by atoms with Gasteiger partial charge in [-0.25, -0.2) is 54.0 Å². The summed E-state index contributed by atoms with van der Waals surface area (Å²) < 4.78 is 69.0. The Morgan fingerprint density at radius 3 is 1.31 bits per heavy atom. The van der Waals surface area contributed by atoms with Crippen molar-refractivity contribution < 1.29 is 76.8 Å². The largest absolute Gasteiger partial charge is 0.472 e. The molecule has 2 unspecified atom stereocenters. The van der Waals surface area contributed by atoms with Crippen LogP contribution in [-0.2, 0) is 41.4 Å². The third-order valence-electron chi connectivity index (χ3n) is 11.1. The van der Waals surface area contributed by atoms with Crippen LogP contribution in [-0.4, -0.2) is 169 Å². The van der Waals surface area contributed by atoms with Crippen molar-refractivity contribution in [3.8, 4) is 0 Å². The van der Waals surface area contributed by atoms with Gasteiger partial charge in [0.15, 0.2) is 69.6 Å². The summed E-state index contributed by atoms with van der Waals surface area (Å²) in [7, 11) is -11.1. The Morgan fingerprint density at radius 2 is 0.917 bits per heavy atom. The molecule has 3 aliphatic heterocycles. The zero-order chi connectivity index (χ0) is 51.4. The molecule has 13 N–H and O–H groups in total.